The van der Waals surface area contributed by atoms with Crippen LogP contribution in [0.25, 0.3) is 0 Å². The maximum atomic E-state index is 11.9. The third-order valence-electron chi connectivity index (χ3n) is 2.76. The average Bonchev–Trinajstić information content (AvgIpc) is 2.49. The lowest BCUT2D eigenvalue weighted by atomic mass is 10.2. The first kappa shape index (κ1) is 14.5. The van der Waals surface area contributed by atoms with Gasteiger partial charge in [-0.25, -0.2) is 4.79 Å². The molecule has 0 aliphatic carbocycles. The number of hydrogen-bond donors (Lipinski definition) is 3. The van der Waals surface area contributed by atoms with Crippen LogP contribution in [0.5, 0.6) is 17.2 Å². The SMILES string of the molecule is COc1cc(NC(=O)Nc2ccccc2O)cc(OC)c1. The number of aromatic hydroxyl groups is 1. The van der Waals surface area contributed by atoms with E-state index in [0.717, 1.165) is 0 Å². The molecule has 0 spiro atoms. The van der Waals surface area contributed by atoms with Crippen molar-refractivity contribution in [2.45, 2.75) is 0 Å². The van der Waals surface area contributed by atoms with Crippen molar-refractivity contribution in [2.75, 3.05) is 24.9 Å². The van der Waals surface area contributed by atoms with Crippen LogP contribution in [0.1, 0.15) is 0 Å². The predicted molar refractivity (Wildman–Crippen MR) is 80.3 cm³/mol. The molecule has 0 atom stereocenters. The van der Waals surface area contributed by atoms with Gasteiger partial charge in [-0.15, -0.1) is 0 Å². The minimum absolute atomic E-state index is 0.00382. The molecule has 2 amide bonds. The Morgan fingerprint density at radius 3 is 2.19 bits per heavy atom. The van der Waals surface area contributed by atoms with Crippen LogP contribution in [-0.4, -0.2) is 25.4 Å². The highest BCUT2D eigenvalue weighted by Gasteiger charge is 2.08. The van der Waals surface area contributed by atoms with Gasteiger partial charge < -0.3 is 25.2 Å². The standard InChI is InChI=1S/C15H16N2O4/c1-20-11-7-10(8-12(9-11)21-2)16-15(19)17-13-5-3-4-6-14(13)18/h3-9,18H,1-2H3,(H2,16,17,19). The normalized spacial score (nSPS) is 9.81. The van der Waals surface area contributed by atoms with Gasteiger partial charge in [0, 0.05) is 23.9 Å². The topological polar surface area (TPSA) is 79.8 Å². The van der Waals surface area contributed by atoms with Crippen molar-refractivity contribution >= 4 is 17.4 Å². The van der Waals surface area contributed by atoms with Gasteiger partial charge in [0.05, 0.1) is 19.9 Å². The molecule has 2 aromatic rings. The molecule has 2 aromatic carbocycles. The molecule has 0 aliphatic rings. The number of amides is 2. The Balaban J connectivity index is 2.11. The van der Waals surface area contributed by atoms with E-state index in [1.54, 1.807) is 36.4 Å². The van der Waals surface area contributed by atoms with E-state index in [-0.39, 0.29) is 5.75 Å². The molecular weight excluding hydrogens is 272 g/mol. The van der Waals surface area contributed by atoms with Crippen molar-refractivity contribution in [1.29, 1.82) is 0 Å². The zero-order chi connectivity index (χ0) is 15.2. The monoisotopic (exact) mass is 288 g/mol. The van der Waals surface area contributed by atoms with E-state index in [2.05, 4.69) is 10.6 Å². The highest BCUT2D eigenvalue weighted by molar-refractivity contribution is 6.00. The summed E-state index contributed by atoms with van der Waals surface area (Å²) in [6, 6.07) is 11.0. The van der Waals surface area contributed by atoms with Crippen LogP contribution in [0.4, 0.5) is 16.2 Å². The summed E-state index contributed by atoms with van der Waals surface area (Å²) >= 11 is 0. The Hall–Kier alpha value is -2.89. The Kier molecular flexibility index (Phi) is 4.50. The van der Waals surface area contributed by atoms with Crippen LogP contribution < -0.4 is 20.1 Å². The summed E-state index contributed by atoms with van der Waals surface area (Å²) in [6.07, 6.45) is 0. The fourth-order valence-corrected chi connectivity index (χ4v) is 1.74. The van der Waals surface area contributed by atoms with Crippen molar-refractivity contribution in [3.63, 3.8) is 0 Å². The number of rotatable bonds is 4. The van der Waals surface area contributed by atoms with Gasteiger partial charge in [0.25, 0.3) is 0 Å². The van der Waals surface area contributed by atoms with E-state index in [1.165, 1.54) is 20.3 Å². The maximum absolute atomic E-state index is 11.9. The first-order valence-electron chi connectivity index (χ1n) is 6.21. The molecule has 3 N–H and O–H groups in total. The Morgan fingerprint density at radius 1 is 1.00 bits per heavy atom. The van der Waals surface area contributed by atoms with E-state index >= 15 is 0 Å². The number of phenolic OH excluding ortho intramolecular Hbond substituents is 1. The van der Waals surface area contributed by atoms with Crippen LogP contribution in [0.3, 0.4) is 0 Å². The first-order valence-corrected chi connectivity index (χ1v) is 6.21. The molecule has 0 saturated carbocycles. The predicted octanol–water partition coefficient (Wildman–Crippen LogP) is 3.05. The molecule has 0 bridgehead atoms. The van der Waals surface area contributed by atoms with Crippen LogP contribution in [0.15, 0.2) is 42.5 Å². The van der Waals surface area contributed by atoms with Gasteiger partial charge in [-0.2, -0.15) is 0 Å². The summed E-state index contributed by atoms with van der Waals surface area (Å²) in [5.74, 6) is 1.12. The number of para-hydroxylation sites is 2. The van der Waals surface area contributed by atoms with E-state index in [4.69, 9.17) is 9.47 Å². The highest BCUT2D eigenvalue weighted by Crippen LogP contribution is 2.26. The largest absolute Gasteiger partial charge is 0.506 e. The van der Waals surface area contributed by atoms with Crippen molar-refractivity contribution in [3.8, 4) is 17.2 Å². The summed E-state index contributed by atoms with van der Waals surface area (Å²) in [6.45, 7) is 0. The summed E-state index contributed by atoms with van der Waals surface area (Å²) in [5.41, 5.74) is 0.837. The molecule has 0 radical (unpaired) electrons. The first-order chi connectivity index (χ1) is 10.1. The van der Waals surface area contributed by atoms with Crippen molar-refractivity contribution < 1.29 is 19.4 Å². The minimum Gasteiger partial charge on any atom is -0.506 e. The van der Waals surface area contributed by atoms with Crippen LogP contribution >= 0.6 is 0 Å². The molecule has 6 nitrogen and oxygen atoms in total. The summed E-state index contributed by atoms with van der Waals surface area (Å²) < 4.78 is 10.2. The molecule has 0 aliphatic heterocycles. The maximum Gasteiger partial charge on any atom is 0.323 e. The van der Waals surface area contributed by atoms with Crippen LogP contribution in [0.2, 0.25) is 0 Å². The second-order valence-electron chi connectivity index (χ2n) is 4.20. The second kappa shape index (κ2) is 6.51. The third-order valence-corrected chi connectivity index (χ3v) is 2.76. The van der Waals surface area contributed by atoms with E-state index in [1.807, 2.05) is 0 Å². The fraction of sp³-hybridized carbons (Fsp3) is 0.133. The molecule has 0 heterocycles. The Bertz CT molecular complexity index is 621. The summed E-state index contributed by atoms with van der Waals surface area (Å²) in [5, 5.41) is 14.8. The molecule has 0 saturated heterocycles. The van der Waals surface area contributed by atoms with Crippen LogP contribution in [0, 0.1) is 0 Å². The molecular formula is C15H16N2O4. The third kappa shape index (κ3) is 3.79. The van der Waals surface area contributed by atoms with Gasteiger partial charge >= 0.3 is 6.03 Å². The van der Waals surface area contributed by atoms with Crippen molar-refractivity contribution in [2.24, 2.45) is 0 Å². The van der Waals surface area contributed by atoms with Gasteiger partial charge in [-0.1, -0.05) is 12.1 Å². The molecule has 0 unspecified atom stereocenters. The number of nitrogens with one attached hydrogen (secondary N) is 2. The zero-order valence-corrected chi connectivity index (χ0v) is 11.7. The smallest absolute Gasteiger partial charge is 0.323 e. The second-order valence-corrected chi connectivity index (χ2v) is 4.20. The Morgan fingerprint density at radius 2 is 1.62 bits per heavy atom. The summed E-state index contributed by atoms with van der Waals surface area (Å²) in [7, 11) is 3.06. The number of carbonyl (C=O) groups excluding carboxylic acids is 1. The summed E-state index contributed by atoms with van der Waals surface area (Å²) in [4.78, 5) is 11.9. The van der Waals surface area contributed by atoms with E-state index in [0.29, 0.717) is 22.9 Å². The van der Waals surface area contributed by atoms with E-state index in [9.17, 15) is 9.90 Å². The number of anilines is 2. The van der Waals surface area contributed by atoms with Gasteiger partial charge in [0.15, 0.2) is 0 Å². The van der Waals surface area contributed by atoms with Gasteiger partial charge in [0.1, 0.15) is 17.2 Å². The number of urea groups is 1. The highest BCUT2D eigenvalue weighted by atomic mass is 16.5. The fourth-order valence-electron chi connectivity index (χ4n) is 1.74. The molecule has 2 rings (SSSR count). The number of ether oxygens (including phenoxy) is 2. The molecule has 6 heteroatoms. The molecule has 110 valence electrons. The average molecular weight is 288 g/mol. The molecule has 0 fully saturated rings. The number of phenols is 1. The van der Waals surface area contributed by atoms with Crippen molar-refractivity contribution in [1.82, 2.24) is 0 Å². The lowest BCUT2D eigenvalue weighted by molar-refractivity contribution is 0.262. The number of carbonyl (C=O) groups is 1. The Labute approximate surface area is 122 Å². The van der Waals surface area contributed by atoms with Crippen molar-refractivity contribution in [3.05, 3.63) is 42.5 Å². The number of benzene rings is 2. The zero-order valence-electron chi connectivity index (χ0n) is 11.7. The number of hydrogen-bond acceptors (Lipinski definition) is 4. The quantitative estimate of drug-likeness (QED) is 0.755. The molecule has 21 heavy (non-hydrogen) atoms. The van der Waals surface area contributed by atoms with Gasteiger partial charge in [-0.05, 0) is 12.1 Å². The van der Waals surface area contributed by atoms with E-state index < -0.39 is 6.03 Å². The van der Waals surface area contributed by atoms with Gasteiger partial charge in [-0.3, -0.25) is 0 Å². The molecule has 0 aromatic heterocycles. The number of methoxy groups -OCH3 is 2. The lowest BCUT2D eigenvalue weighted by Crippen LogP contribution is -2.19. The lowest BCUT2D eigenvalue weighted by Gasteiger charge is -2.11. The van der Waals surface area contributed by atoms with Gasteiger partial charge in [0.2, 0.25) is 0 Å². The minimum atomic E-state index is -0.480. The van der Waals surface area contributed by atoms with Crippen LogP contribution in [-0.2, 0) is 0 Å².